The normalized spacial score (nSPS) is 26.6. The van der Waals surface area contributed by atoms with Gasteiger partial charge in [0.1, 0.15) is 0 Å². The smallest absolute Gasteiger partial charge is 0.211 e. The van der Waals surface area contributed by atoms with Crippen LogP contribution in [0.4, 0.5) is 0 Å². The summed E-state index contributed by atoms with van der Waals surface area (Å²) in [6.45, 7) is 7.30. The van der Waals surface area contributed by atoms with Crippen LogP contribution in [0.2, 0.25) is 0 Å². The highest BCUT2D eigenvalue weighted by molar-refractivity contribution is 7.88. The predicted octanol–water partition coefficient (Wildman–Crippen LogP) is 1.53. The molecule has 2 heterocycles. The van der Waals surface area contributed by atoms with Crippen LogP contribution in [0, 0.1) is 5.41 Å². The molecule has 0 aromatic carbocycles. The number of hydrogen-bond acceptors (Lipinski definition) is 3. The van der Waals surface area contributed by atoms with Gasteiger partial charge in [-0.25, -0.2) is 12.7 Å². The summed E-state index contributed by atoms with van der Waals surface area (Å²) in [4.78, 5) is 2.55. The number of hydrogen-bond donors (Lipinski definition) is 0. The van der Waals surface area contributed by atoms with Crippen molar-refractivity contribution >= 4 is 10.0 Å². The second-order valence-corrected chi connectivity index (χ2v) is 7.99. The first-order valence-electron chi connectivity index (χ1n) is 7.13. The summed E-state index contributed by atoms with van der Waals surface area (Å²) >= 11 is 0. The lowest BCUT2D eigenvalue weighted by Gasteiger charge is -2.46. The van der Waals surface area contributed by atoms with Crippen molar-refractivity contribution in [2.45, 2.75) is 39.0 Å². The molecule has 5 heteroatoms. The summed E-state index contributed by atoms with van der Waals surface area (Å²) in [5, 5.41) is 0. The number of piperidine rings is 2. The van der Waals surface area contributed by atoms with E-state index in [0.29, 0.717) is 5.41 Å². The maximum absolute atomic E-state index is 11.5. The lowest BCUT2D eigenvalue weighted by molar-refractivity contribution is 0.0564. The van der Waals surface area contributed by atoms with Crippen molar-refractivity contribution in [2.24, 2.45) is 5.41 Å². The average Bonchev–Trinajstić information content (AvgIpc) is 2.32. The highest BCUT2D eigenvalue weighted by Crippen LogP contribution is 2.41. The summed E-state index contributed by atoms with van der Waals surface area (Å²) in [5.41, 5.74) is 0.436. The second kappa shape index (κ2) is 5.47. The van der Waals surface area contributed by atoms with Gasteiger partial charge in [-0.05, 0) is 57.2 Å². The van der Waals surface area contributed by atoms with E-state index in [1.54, 1.807) is 4.31 Å². The fraction of sp³-hybridized carbons (Fsp3) is 1.00. The van der Waals surface area contributed by atoms with Gasteiger partial charge in [-0.3, -0.25) is 0 Å². The van der Waals surface area contributed by atoms with Crippen molar-refractivity contribution in [1.82, 2.24) is 9.21 Å². The average molecular weight is 274 g/mol. The molecular formula is C13H26N2O2S. The molecule has 0 aromatic rings. The van der Waals surface area contributed by atoms with E-state index in [-0.39, 0.29) is 0 Å². The quantitative estimate of drug-likeness (QED) is 0.784. The second-order valence-electron chi connectivity index (χ2n) is 6.00. The lowest BCUT2D eigenvalue weighted by atomic mass is 9.71. The zero-order valence-corrected chi connectivity index (χ0v) is 12.5. The minimum absolute atomic E-state index is 0.436. The van der Waals surface area contributed by atoms with Crippen molar-refractivity contribution in [3.05, 3.63) is 0 Å². The van der Waals surface area contributed by atoms with Gasteiger partial charge >= 0.3 is 0 Å². The predicted molar refractivity (Wildman–Crippen MR) is 74.0 cm³/mol. The van der Waals surface area contributed by atoms with Crippen molar-refractivity contribution in [1.29, 1.82) is 0 Å². The van der Waals surface area contributed by atoms with Crippen molar-refractivity contribution in [2.75, 3.05) is 39.0 Å². The molecule has 4 nitrogen and oxygen atoms in total. The van der Waals surface area contributed by atoms with Crippen molar-refractivity contribution < 1.29 is 8.42 Å². The summed E-state index contributed by atoms with van der Waals surface area (Å²) in [6.07, 6.45) is 7.18. The molecule has 0 unspecified atom stereocenters. The molecule has 2 rings (SSSR count). The van der Waals surface area contributed by atoms with E-state index in [1.165, 1.54) is 45.2 Å². The van der Waals surface area contributed by atoms with Crippen LogP contribution in [0.3, 0.4) is 0 Å². The summed E-state index contributed by atoms with van der Waals surface area (Å²) in [7, 11) is -2.98. The monoisotopic (exact) mass is 274 g/mol. The Morgan fingerprint density at radius 3 is 1.94 bits per heavy atom. The fourth-order valence-corrected chi connectivity index (χ4v) is 4.21. The van der Waals surface area contributed by atoms with E-state index >= 15 is 0 Å². The number of rotatable bonds is 3. The Morgan fingerprint density at radius 1 is 1.00 bits per heavy atom. The number of nitrogens with zero attached hydrogens (tertiary/aromatic N) is 2. The Kier molecular flexibility index (Phi) is 4.34. The molecule has 0 N–H and O–H groups in total. The fourth-order valence-electron chi connectivity index (χ4n) is 3.36. The van der Waals surface area contributed by atoms with Crippen LogP contribution >= 0.6 is 0 Å². The maximum atomic E-state index is 11.5. The first-order valence-corrected chi connectivity index (χ1v) is 8.97. The molecule has 0 bridgehead atoms. The molecule has 2 saturated heterocycles. The molecule has 106 valence electrons. The minimum Gasteiger partial charge on any atom is -0.303 e. The third-order valence-electron chi connectivity index (χ3n) is 4.71. The van der Waals surface area contributed by atoms with E-state index in [2.05, 4.69) is 11.8 Å². The molecule has 0 amide bonds. The van der Waals surface area contributed by atoms with Gasteiger partial charge < -0.3 is 4.90 Å². The van der Waals surface area contributed by atoms with Gasteiger partial charge in [0.25, 0.3) is 0 Å². The highest BCUT2D eigenvalue weighted by Gasteiger charge is 2.38. The first-order chi connectivity index (χ1) is 8.45. The third kappa shape index (κ3) is 3.25. The lowest BCUT2D eigenvalue weighted by Crippen LogP contribution is -2.48. The van der Waals surface area contributed by atoms with Gasteiger partial charge in [0.15, 0.2) is 0 Å². The molecule has 18 heavy (non-hydrogen) atoms. The molecule has 0 saturated carbocycles. The minimum atomic E-state index is -2.98. The summed E-state index contributed by atoms with van der Waals surface area (Å²) in [5.74, 6) is 0. The van der Waals surface area contributed by atoms with Crippen LogP contribution in [0.25, 0.3) is 0 Å². The molecule has 2 aliphatic rings. The molecule has 2 fully saturated rings. The van der Waals surface area contributed by atoms with Crippen LogP contribution in [0.15, 0.2) is 0 Å². The van der Waals surface area contributed by atoms with Crippen LogP contribution in [-0.2, 0) is 10.0 Å². The van der Waals surface area contributed by atoms with Gasteiger partial charge in [0.05, 0.1) is 6.26 Å². The first kappa shape index (κ1) is 14.3. The van der Waals surface area contributed by atoms with E-state index in [0.717, 1.165) is 25.9 Å². The van der Waals surface area contributed by atoms with Crippen LogP contribution in [-0.4, -0.2) is 56.6 Å². The van der Waals surface area contributed by atoms with Crippen LogP contribution in [0.5, 0.6) is 0 Å². The summed E-state index contributed by atoms with van der Waals surface area (Å²) < 4.78 is 24.7. The van der Waals surface area contributed by atoms with Crippen LogP contribution in [0.1, 0.15) is 39.0 Å². The van der Waals surface area contributed by atoms with Crippen molar-refractivity contribution in [3.8, 4) is 0 Å². The largest absolute Gasteiger partial charge is 0.303 e. The Hall–Kier alpha value is -0.130. The van der Waals surface area contributed by atoms with E-state index in [9.17, 15) is 8.42 Å². The summed E-state index contributed by atoms with van der Waals surface area (Å²) in [6, 6.07) is 0. The zero-order valence-electron chi connectivity index (χ0n) is 11.7. The molecular weight excluding hydrogens is 248 g/mol. The molecule has 0 atom stereocenters. The Morgan fingerprint density at radius 2 is 1.50 bits per heavy atom. The van der Waals surface area contributed by atoms with Gasteiger partial charge in [-0.2, -0.15) is 0 Å². The molecule has 0 radical (unpaired) electrons. The Balaban J connectivity index is 1.86. The maximum Gasteiger partial charge on any atom is 0.211 e. The molecule has 1 spiro atoms. The standard InChI is InChI=1S/C13H26N2O2S/c1-3-8-14-9-4-13(5-10-14)6-11-15(12-7-13)18(2,16)17/h3-12H2,1-2H3. The van der Waals surface area contributed by atoms with Gasteiger partial charge in [-0.15, -0.1) is 0 Å². The van der Waals surface area contributed by atoms with Gasteiger partial charge in [0.2, 0.25) is 10.0 Å². The van der Waals surface area contributed by atoms with Crippen LogP contribution < -0.4 is 0 Å². The zero-order chi connectivity index (χ0) is 13.2. The topological polar surface area (TPSA) is 40.6 Å². The molecule has 0 aromatic heterocycles. The Labute approximate surface area is 111 Å². The van der Waals surface area contributed by atoms with E-state index in [4.69, 9.17) is 0 Å². The van der Waals surface area contributed by atoms with Gasteiger partial charge in [0, 0.05) is 13.1 Å². The van der Waals surface area contributed by atoms with Gasteiger partial charge in [-0.1, -0.05) is 6.92 Å². The number of sulfonamides is 1. The molecule has 2 aliphatic heterocycles. The highest BCUT2D eigenvalue weighted by atomic mass is 32.2. The molecule has 0 aliphatic carbocycles. The van der Waals surface area contributed by atoms with E-state index in [1.807, 2.05) is 0 Å². The van der Waals surface area contributed by atoms with E-state index < -0.39 is 10.0 Å². The van der Waals surface area contributed by atoms with Crippen molar-refractivity contribution in [3.63, 3.8) is 0 Å². The Bertz CT molecular complexity index is 362. The third-order valence-corrected chi connectivity index (χ3v) is 6.01. The SMILES string of the molecule is CCCN1CCC2(CC1)CCN(S(C)(=O)=O)CC2. The number of likely N-dealkylation sites (tertiary alicyclic amines) is 1.